The SMILES string of the molecule is CN=C(NCC(=O)Nc1cccc(F)c1)NCc1cc(Cl)ccc1OC(F)F. The molecule has 0 heterocycles. The average Bonchev–Trinajstić information content (AvgIpc) is 2.63. The molecule has 0 aliphatic heterocycles. The lowest BCUT2D eigenvalue weighted by Crippen LogP contribution is -2.41. The molecule has 2 aromatic carbocycles. The van der Waals surface area contributed by atoms with Gasteiger partial charge in [-0.05, 0) is 36.4 Å². The molecule has 0 spiro atoms. The zero-order valence-corrected chi connectivity index (χ0v) is 15.6. The molecule has 0 aromatic heterocycles. The second kappa shape index (κ2) is 10.4. The van der Waals surface area contributed by atoms with Gasteiger partial charge in [-0.25, -0.2) is 4.39 Å². The normalized spacial score (nSPS) is 11.3. The molecular weight excluding hydrogens is 397 g/mol. The molecule has 0 bridgehead atoms. The van der Waals surface area contributed by atoms with Gasteiger partial charge in [0.2, 0.25) is 5.91 Å². The molecule has 0 fully saturated rings. The molecule has 0 saturated carbocycles. The summed E-state index contributed by atoms with van der Waals surface area (Å²) in [5.74, 6) is -0.659. The molecule has 150 valence electrons. The van der Waals surface area contributed by atoms with E-state index in [1.807, 2.05) is 0 Å². The summed E-state index contributed by atoms with van der Waals surface area (Å²) in [5, 5.41) is 8.52. The Balaban J connectivity index is 1.89. The number of hydrogen-bond acceptors (Lipinski definition) is 3. The third-order valence-corrected chi connectivity index (χ3v) is 3.67. The van der Waals surface area contributed by atoms with Gasteiger partial charge in [-0.15, -0.1) is 0 Å². The summed E-state index contributed by atoms with van der Waals surface area (Å²) in [6.45, 7) is -3.04. The maximum Gasteiger partial charge on any atom is 0.387 e. The van der Waals surface area contributed by atoms with Gasteiger partial charge in [-0.1, -0.05) is 17.7 Å². The number of guanidine groups is 1. The standard InChI is InChI=1S/C18H18ClF3N4O2/c1-23-18(25-10-16(27)26-14-4-2-3-13(20)8-14)24-9-11-7-12(19)5-6-15(11)28-17(21)22/h2-8,17H,9-10H2,1H3,(H,26,27)(H2,23,24,25). The van der Waals surface area contributed by atoms with Crippen LogP contribution in [0.2, 0.25) is 5.02 Å². The van der Waals surface area contributed by atoms with Crippen LogP contribution in [-0.2, 0) is 11.3 Å². The molecule has 2 rings (SSSR count). The van der Waals surface area contributed by atoms with Crippen molar-refractivity contribution in [3.63, 3.8) is 0 Å². The Labute approximate surface area is 164 Å². The van der Waals surface area contributed by atoms with Crippen LogP contribution >= 0.6 is 11.6 Å². The van der Waals surface area contributed by atoms with Crippen molar-refractivity contribution in [2.75, 3.05) is 18.9 Å². The molecule has 0 aliphatic carbocycles. The predicted octanol–water partition coefficient (Wildman–Crippen LogP) is 3.38. The van der Waals surface area contributed by atoms with Crippen molar-refractivity contribution >= 4 is 29.2 Å². The van der Waals surface area contributed by atoms with Crippen molar-refractivity contribution in [1.29, 1.82) is 0 Å². The first-order valence-corrected chi connectivity index (χ1v) is 8.48. The number of carbonyl (C=O) groups excluding carboxylic acids is 1. The lowest BCUT2D eigenvalue weighted by molar-refractivity contribution is -0.115. The molecule has 0 saturated heterocycles. The highest BCUT2D eigenvalue weighted by Crippen LogP contribution is 2.24. The van der Waals surface area contributed by atoms with Gasteiger partial charge in [-0.2, -0.15) is 8.78 Å². The first kappa shape index (κ1) is 21.4. The van der Waals surface area contributed by atoms with Crippen molar-refractivity contribution in [1.82, 2.24) is 10.6 Å². The summed E-state index contributed by atoms with van der Waals surface area (Å²) in [4.78, 5) is 15.9. The summed E-state index contributed by atoms with van der Waals surface area (Å²) in [7, 11) is 1.48. The van der Waals surface area contributed by atoms with E-state index in [1.54, 1.807) is 6.07 Å². The van der Waals surface area contributed by atoms with Crippen molar-refractivity contribution in [2.45, 2.75) is 13.2 Å². The minimum absolute atomic E-state index is 0.0220. The Kier molecular flexibility index (Phi) is 7.94. The second-order valence-electron chi connectivity index (χ2n) is 5.47. The smallest absolute Gasteiger partial charge is 0.387 e. The highest BCUT2D eigenvalue weighted by atomic mass is 35.5. The minimum atomic E-state index is -2.97. The van der Waals surface area contributed by atoms with Crippen LogP contribution in [-0.4, -0.2) is 32.1 Å². The van der Waals surface area contributed by atoms with Crippen molar-refractivity contribution in [2.24, 2.45) is 4.99 Å². The summed E-state index contributed by atoms with van der Waals surface area (Å²) < 4.78 is 42.6. The predicted molar refractivity (Wildman–Crippen MR) is 101 cm³/mol. The Morgan fingerprint density at radius 2 is 2.00 bits per heavy atom. The first-order chi connectivity index (χ1) is 13.4. The molecule has 2 aromatic rings. The highest BCUT2D eigenvalue weighted by Gasteiger charge is 2.11. The average molecular weight is 415 g/mol. The number of nitrogens with zero attached hydrogens (tertiary/aromatic N) is 1. The van der Waals surface area contributed by atoms with E-state index in [2.05, 4.69) is 25.7 Å². The molecule has 3 N–H and O–H groups in total. The van der Waals surface area contributed by atoms with Gasteiger partial charge >= 0.3 is 6.61 Å². The van der Waals surface area contributed by atoms with E-state index >= 15 is 0 Å². The van der Waals surface area contributed by atoms with Crippen LogP contribution in [0.25, 0.3) is 0 Å². The van der Waals surface area contributed by atoms with Crippen molar-refractivity contribution < 1.29 is 22.7 Å². The Bertz CT molecular complexity index is 849. The third-order valence-electron chi connectivity index (χ3n) is 3.43. The van der Waals surface area contributed by atoms with Crippen LogP contribution in [0.4, 0.5) is 18.9 Å². The van der Waals surface area contributed by atoms with E-state index in [9.17, 15) is 18.0 Å². The van der Waals surface area contributed by atoms with Gasteiger partial charge in [-0.3, -0.25) is 9.79 Å². The van der Waals surface area contributed by atoms with E-state index in [0.717, 1.165) is 0 Å². The number of halogens is 4. The van der Waals surface area contributed by atoms with Crippen LogP contribution < -0.4 is 20.7 Å². The molecule has 28 heavy (non-hydrogen) atoms. The number of hydrogen-bond donors (Lipinski definition) is 3. The van der Waals surface area contributed by atoms with E-state index in [-0.39, 0.29) is 24.8 Å². The number of aliphatic imine (C=N–C) groups is 1. The number of anilines is 1. The van der Waals surface area contributed by atoms with Crippen LogP contribution in [0.5, 0.6) is 5.75 Å². The number of benzene rings is 2. The number of amides is 1. The molecule has 6 nitrogen and oxygen atoms in total. The first-order valence-electron chi connectivity index (χ1n) is 8.10. The Morgan fingerprint density at radius 1 is 1.21 bits per heavy atom. The second-order valence-corrected chi connectivity index (χ2v) is 5.90. The fourth-order valence-corrected chi connectivity index (χ4v) is 2.43. The van der Waals surface area contributed by atoms with E-state index < -0.39 is 18.3 Å². The molecule has 0 unspecified atom stereocenters. The zero-order valence-electron chi connectivity index (χ0n) is 14.8. The molecule has 0 atom stereocenters. The fourth-order valence-electron chi connectivity index (χ4n) is 2.23. The van der Waals surface area contributed by atoms with Gasteiger partial charge in [0, 0.05) is 29.9 Å². The lowest BCUT2D eigenvalue weighted by atomic mass is 10.2. The largest absolute Gasteiger partial charge is 0.434 e. The maximum atomic E-state index is 13.1. The summed E-state index contributed by atoms with van der Waals surface area (Å²) >= 11 is 5.90. The van der Waals surface area contributed by atoms with Gasteiger partial charge in [0.05, 0.1) is 6.54 Å². The number of rotatable bonds is 7. The zero-order chi connectivity index (χ0) is 20.5. The van der Waals surface area contributed by atoms with E-state index in [0.29, 0.717) is 16.3 Å². The number of ether oxygens (including phenoxy) is 1. The molecule has 10 heteroatoms. The van der Waals surface area contributed by atoms with Crippen LogP contribution in [0.1, 0.15) is 5.56 Å². The Hall–Kier alpha value is -2.94. The highest BCUT2D eigenvalue weighted by molar-refractivity contribution is 6.30. The van der Waals surface area contributed by atoms with Gasteiger partial charge in [0.25, 0.3) is 0 Å². The molecular formula is C18H18ClF3N4O2. The number of carbonyl (C=O) groups is 1. The van der Waals surface area contributed by atoms with Gasteiger partial charge < -0.3 is 20.7 Å². The van der Waals surface area contributed by atoms with Crippen molar-refractivity contribution in [3.8, 4) is 5.75 Å². The van der Waals surface area contributed by atoms with E-state index in [4.69, 9.17) is 11.6 Å². The summed E-state index contributed by atoms with van der Waals surface area (Å²) in [5.41, 5.74) is 0.711. The quantitative estimate of drug-likeness (QED) is 0.479. The molecule has 0 radical (unpaired) electrons. The Morgan fingerprint density at radius 3 is 2.68 bits per heavy atom. The van der Waals surface area contributed by atoms with Gasteiger partial charge in [0.1, 0.15) is 11.6 Å². The molecule has 0 aliphatic rings. The number of alkyl halides is 2. The summed E-state index contributed by atoms with van der Waals surface area (Å²) in [6, 6.07) is 9.74. The van der Waals surface area contributed by atoms with Gasteiger partial charge in [0.15, 0.2) is 5.96 Å². The maximum absolute atomic E-state index is 13.1. The minimum Gasteiger partial charge on any atom is -0.434 e. The van der Waals surface area contributed by atoms with E-state index in [1.165, 1.54) is 43.4 Å². The molecule has 1 amide bonds. The lowest BCUT2D eigenvalue weighted by Gasteiger charge is -2.15. The van der Waals surface area contributed by atoms with Crippen molar-refractivity contribution in [3.05, 3.63) is 58.9 Å². The third kappa shape index (κ3) is 6.99. The van der Waals surface area contributed by atoms with Crippen LogP contribution in [0.3, 0.4) is 0 Å². The topological polar surface area (TPSA) is 74.8 Å². The monoisotopic (exact) mass is 414 g/mol. The van der Waals surface area contributed by atoms with Crippen LogP contribution in [0.15, 0.2) is 47.5 Å². The van der Waals surface area contributed by atoms with Crippen LogP contribution in [0, 0.1) is 5.82 Å². The fraction of sp³-hybridized carbons (Fsp3) is 0.222. The summed E-state index contributed by atoms with van der Waals surface area (Å²) in [6.07, 6.45) is 0. The number of nitrogens with one attached hydrogen (secondary N) is 3.